The van der Waals surface area contributed by atoms with Crippen LogP contribution in [0.1, 0.15) is 27.7 Å². The average molecular weight is 198 g/mol. The maximum Gasteiger partial charge on any atom is 0.356 e. The number of carbonyl (C=O) groups is 1. The zero-order valence-electron chi connectivity index (χ0n) is 9.26. The molecular weight excluding hydrogens is 180 g/mol. The van der Waals surface area contributed by atoms with Crippen LogP contribution < -0.4 is 5.73 Å². The Hall–Kier alpha value is -1.32. The number of hydrogen-bond donors (Lipinski definition) is 1. The van der Waals surface area contributed by atoms with E-state index < -0.39 is 5.97 Å². The van der Waals surface area contributed by atoms with Crippen LogP contribution in [0.5, 0.6) is 0 Å². The minimum absolute atomic E-state index is 0.328. The monoisotopic (exact) mass is 198 g/mol. The van der Waals surface area contributed by atoms with Crippen LogP contribution in [0.3, 0.4) is 0 Å². The highest BCUT2D eigenvalue weighted by atomic mass is 16.5. The standard InChI is InChI=1S/C10H18N2O2/c1-5-12-9(7(3)8(4)11)10(13)14-6-2/h5-6,11H2,1-4H3/b8-7-,12-9?. The fraction of sp³-hybridized carbons (Fsp3) is 0.600. The van der Waals surface area contributed by atoms with E-state index in [1.165, 1.54) is 0 Å². The Morgan fingerprint density at radius 3 is 2.29 bits per heavy atom. The molecule has 0 saturated heterocycles. The summed E-state index contributed by atoms with van der Waals surface area (Å²) in [5.74, 6) is -0.406. The van der Waals surface area contributed by atoms with Crippen molar-refractivity contribution < 1.29 is 9.53 Å². The topological polar surface area (TPSA) is 64.7 Å². The smallest absolute Gasteiger partial charge is 0.356 e. The van der Waals surface area contributed by atoms with Crippen LogP contribution in [-0.2, 0) is 9.53 Å². The largest absolute Gasteiger partial charge is 0.461 e. The van der Waals surface area contributed by atoms with Crippen molar-refractivity contribution in [2.75, 3.05) is 13.2 Å². The van der Waals surface area contributed by atoms with Crippen molar-refractivity contribution in [2.45, 2.75) is 27.7 Å². The lowest BCUT2D eigenvalue weighted by atomic mass is 10.1. The molecule has 0 spiro atoms. The van der Waals surface area contributed by atoms with Gasteiger partial charge in [-0.05, 0) is 27.7 Å². The Kier molecular flexibility index (Phi) is 5.60. The molecule has 0 bridgehead atoms. The summed E-state index contributed by atoms with van der Waals surface area (Å²) in [6, 6.07) is 0. The molecule has 0 aromatic carbocycles. The lowest BCUT2D eigenvalue weighted by Crippen LogP contribution is -2.21. The first kappa shape index (κ1) is 12.7. The van der Waals surface area contributed by atoms with Gasteiger partial charge in [0.15, 0.2) is 0 Å². The molecule has 0 radical (unpaired) electrons. The average Bonchev–Trinajstić information content (AvgIpc) is 2.13. The summed E-state index contributed by atoms with van der Waals surface area (Å²) < 4.78 is 4.87. The molecule has 0 fully saturated rings. The van der Waals surface area contributed by atoms with Crippen molar-refractivity contribution in [3.63, 3.8) is 0 Å². The summed E-state index contributed by atoms with van der Waals surface area (Å²) in [6.45, 7) is 8.01. The normalized spacial score (nSPS) is 13.6. The highest BCUT2D eigenvalue weighted by Crippen LogP contribution is 2.03. The van der Waals surface area contributed by atoms with Gasteiger partial charge in [-0.3, -0.25) is 4.99 Å². The fourth-order valence-electron chi connectivity index (χ4n) is 0.881. The first-order valence-corrected chi connectivity index (χ1v) is 4.69. The molecule has 2 N–H and O–H groups in total. The number of nitrogens with zero attached hydrogens (tertiary/aromatic N) is 1. The Balaban J connectivity index is 4.89. The van der Waals surface area contributed by atoms with E-state index in [1.807, 2.05) is 6.92 Å². The molecule has 0 aromatic rings. The molecular formula is C10H18N2O2. The third-order valence-electron chi connectivity index (χ3n) is 1.73. The number of nitrogens with two attached hydrogens (primary N) is 1. The van der Waals surface area contributed by atoms with Gasteiger partial charge in [-0.25, -0.2) is 4.79 Å². The first-order chi connectivity index (χ1) is 6.54. The zero-order chi connectivity index (χ0) is 11.1. The lowest BCUT2D eigenvalue weighted by molar-refractivity contribution is -0.134. The zero-order valence-corrected chi connectivity index (χ0v) is 9.26. The summed E-state index contributed by atoms with van der Waals surface area (Å²) in [4.78, 5) is 15.5. The quantitative estimate of drug-likeness (QED) is 0.546. The highest BCUT2D eigenvalue weighted by molar-refractivity contribution is 6.43. The van der Waals surface area contributed by atoms with E-state index in [1.54, 1.807) is 20.8 Å². The predicted octanol–water partition coefficient (Wildman–Crippen LogP) is 1.26. The summed E-state index contributed by atoms with van der Waals surface area (Å²) >= 11 is 0. The molecule has 0 aromatic heterocycles. The van der Waals surface area contributed by atoms with Crippen LogP contribution in [0.25, 0.3) is 0 Å². The molecule has 0 atom stereocenters. The van der Waals surface area contributed by atoms with Crippen LogP contribution in [0, 0.1) is 0 Å². The highest BCUT2D eigenvalue weighted by Gasteiger charge is 2.15. The van der Waals surface area contributed by atoms with Crippen molar-refractivity contribution in [1.29, 1.82) is 0 Å². The van der Waals surface area contributed by atoms with Crippen LogP contribution in [-0.4, -0.2) is 24.8 Å². The number of esters is 1. The van der Waals surface area contributed by atoms with Gasteiger partial charge in [-0.2, -0.15) is 0 Å². The number of carbonyl (C=O) groups excluding carboxylic acids is 1. The van der Waals surface area contributed by atoms with E-state index in [4.69, 9.17) is 10.5 Å². The summed E-state index contributed by atoms with van der Waals surface area (Å²) in [5.41, 5.74) is 7.19. The third-order valence-corrected chi connectivity index (χ3v) is 1.73. The maximum atomic E-state index is 11.4. The summed E-state index contributed by atoms with van der Waals surface area (Å²) in [5, 5.41) is 0. The van der Waals surface area contributed by atoms with Gasteiger partial charge in [0.05, 0.1) is 6.61 Å². The van der Waals surface area contributed by atoms with Gasteiger partial charge in [-0.1, -0.05) is 0 Å². The summed E-state index contributed by atoms with van der Waals surface area (Å²) in [6.07, 6.45) is 0. The van der Waals surface area contributed by atoms with Crippen LogP contribution in [0.15, 0.2) is 16.3 Å². The molecule has 14 heavy (non-hydrogen) atoms. The molecule has 0 aliphatic carbocycles. The minimum atomic E-state index is -0.406. The van der Waals surface area contributed by atoms with E-state index in [9.17, 15) is 4.79 Å². The molecule has 0 aliphatic rings. The van der Waals surface area contributed by atoms with Gasteiger partial charge in [0.25, 0.3) is 0 Å². The second kappa shape index (κ2) is 6.18. The van der Waals surface area contributed by atoms with Gasteiger partial charge in [0, 0.05) is 17.8 Å². The van der Waals surface area contributed by atoms with Crippen molar-refractivity contribution in [1.82, 2.24) is 0 Å². The molecule has 0 rings (SSSR count). The molecule has 0 amide bonds. The molecule has 0 unspecified atom stereocenters. The van der Waals surface area contributed by atoms with Crippen LogP contribution >= 0.6 is 0 Å². The maximum absolute atomic E-state index is 11.4. The number of rotatable bonds is 4. The van der Waals surface area contributed by atoms with E-state index in [0.29, 0.717) is 30.1 Å². The van der Waals surface area contributed by atoms with Crippen molar-refractivity contribution in [3.05, 3.63) is 11.3 Å². The number of aliphatic imine (C=N–C) groups is 1. The number of allylic oxidation sites excluding steroid dienone is 1. The molecule has 0 heterocycles. The van der Waals surface area contributed by atoms with Gasteiger partial charge >= 0.3 is 5.97 Å². The lowest BCUT2D eigenvalue weighted by Gasteiger charge is -2.07. The fourth-order valence-corrected chi connectivity index (χ4v) is 0.881. The van der Waals surface area contributed by atoms with Gasteiger partial charge < -0.3 is 10.5 Å². The Morgan fingerprint density at radius 2 is 1.93 bits per heavy atom. The van der Waals surface area contributed by atoms with E-state index in [2.05, 4.69) is 4.99 Å². The molecule has 4 nitrogen and oxygen atoms in total. The third kappa shape index (κ3) is 3.60. The van der Waals surface area contributed by atoms with Crippen molar-refractivity contribution in [3.8, 4) is 0 Å². The minimum Gasteiger partial charge on any atom is -0.461 e. The van der Waals surface area contributed by atoms with Crippen molar-refractivity contribution >= 4 is 11.7 Å². The first-order valence-electron chi connectivity index (χ1n) is 4.69. The Bertz CT molecular complexity index is 263. The second-order valence-corrected chi connectivity index (χ2v) is 2.85. The molecule has 4 heteroatoms. The van der Waals surface area contributed by atoms with Crippen LogP contribution in [0.2, 0.25) is 0 Å². The van der Waals surface area contributed by atoms with Crippen LogP contribution in [0.4, 0.5) is 0 Å². The number of hydrogen-bond acceptors (Lipinski definition) is 4. The predicted molar refractivity (Wildman–Crippen MR) is 57.2 cm³/mol. The Morgan fingerprint density at radius 1 is 1.36 bits per heavy atom. The van der Waals surface area contributed by atoms with Gasteiger partial charge in [0.2, 0.25) is 0 Å². The van der Waals surface area contributed by atoms with E-state index in [0.717, 1.165) is 0 Å². The SMILES string of the molecule is CCN=C(C(=O)OCC)/C(C)=C(/C)N. The Labute approximate surface area is 84.8 Å². The second-order valence-electron chi connectivity index (χ2n) is 2.85. The van der Waals surface area contributed by atoms with Gasteiger partial charge in [-0.15, -0.1) is 0 Å². The van der Waals surface area contributed by atoms with Gasteiger partial charge in [0.1, 0.15) is 5.71 Å². The molecule has 0 saturated carbocycles. The number of ether oxygens (including phenoxy) is 1. The van der Waals surface area contributed by atoms with Crippen molar-refractivity contribution in [2.24, 2.45) is 10.7 Å². The van der Waals surface area contributed by atoms with E-state index in [-0.39, 0.29) is 0 Å². The summed E-state index contributed by atoms with van der Waals surface area (Å²) in [7, 11) is 0. The molecule has 0 aliphatic heterocycles. The van der Waals surface area contributed by atoms with E-state index >= 15 is 0 Å². The molecule has 80 valence electrons.